The van der Waals surface area contributed by atoms with E-state index in [0.717, 1.165) is 19.3 Å². The third-order valence-corrected chi connectivity index (χ3v) is 2.53. The summed E-state index contributed by atoms with van der Waals surface area (Å²) in [7, 11) is 1.94. The van der Waals surface area contributed by atoms with E-state index in [0.29, 0.717) is 0 Å². The van der Waals surface area contributed by atoms with E-state index in [1.54, 1.807) is 0 Å². The standard InChI is InChI=1S/C9H11N3/c1-12-9-4-7(5-10)2-3-8(9)6-11-12/h6-7H,2-4H2,1H3/t7-/m1/s1. The van der Waals surface area contributed by atoms with Gasteiger partial charge in [-0.25, -0.2) is 0 Å². The molecular weight excluding hydrogens is 150 g/mol. The molecule has 0 saturated heterocycles. The van der Waals surface area contributed by atoms with Crippen molar-refractivity contribution in [3.05, 3.63) is 17.5 Å². The predicted octanol–water partition coefficient (Wildman–Crippen LogP) is 1.05. The minimum atomic E-state index is 0.202. The van der Waals surface area contributed by atoms with Crippen LogP contribution >= 0.6 is 0 Å². The van der Waals surface area contributed by atoms with Crippen LogP contribution in [-0.2, 0) is 19.9 Å². The van der Waals surface area contributed by atoms with Crippen LogP contribution in [0.4, 0.5) is 0 Å². The monoisotopic (exact) mass is 161 g/mol. The quantitative estimate of drug-likeness (QED) is 0.570. The molecule has 1 aliphatic rings. The van der Waals surface area contributed by atoms with E-state index in [4.69, 9.17) is 5.26 Å². The molecule has 1 aromatic heterocycles. The molecule has 0 bridgehead atoms. The first-order valence-corrected chi connectivity index (χ1v) is 4.20. The van der Waals surface area contributed by atoms with E-state index < -0.39 is 0 Å². The van der Waals surface area contributed by atoms with Gasteiger partial charge in [-0.2, -0.15) is 10.4 Å². The van der Waals surface area contributed by atoms with Gasteiger partial charge >= 0.3 is 0 Å². The molecule has 1 aliphatic carbocycles. The Hall–Kier alpha value is -1.30. The van der Waals surface area contributed by atoms with Crippen molar-refractivity contribution in [2.75, 3.05) is 0 Å². The Morgan fingerprint density at radius 1 is 1.75 bits per heavy atom. The minimum absolute atomic E-state index is 0.202. The molecular formula is C9H11N3. The summed E-state index contributed by atoms with van der Waals surface area (Å²) in [5, 5.41) is 12.9. The van der Waals surface area contributed by atoms with Gasteiger partial charge in [-0.15, -0.1) is 0 Å². The summed E-state index contributed by atoms with van der Waals surface area (Å²) in [6, 6.07) is 2.32. The smallest absolute Gasteiger partial charge is 0.0659 e. The number of aryl methyl sites for hydroxylation is 2. The summed E-state index contributed by atoms with van der Waals surface area (Å²) >= 11 is 0. The molecule has 62 valence electrons. The predicted molar refractivity (Wildman–Crippen MR) is 44.3 cm³/mol. The second-order valence-electron chi connectivity index (χ2n) is 3.31. The van der Waals surface area contributed by atoms with Crippen molar-refractivity contribution in [3.63, 3.8) is 0 Å². The molecule has 0 saturated carbocycles. The molecule has 2 rings (SSSR count). The normalized spacial score (nSPS) is 21.5. The summed E-state index contributed by atoms with van der Waals surface area (Å²) < 4.78 is 1.89. The zero-order valence-electron chi connectivity index (χ0n) is 7.12. The second-order valence-corrected chi connectivity index (χ2v) is 3.31. The fourth-order valence-electron chi connectivity index (χ4n) is 1.76. The number of hydrogen-bond donors (Lipinski definition) is 0. The first kappa shape index (κ1) is 7.35. The van der Waals surface area contributed by atoms with Crippen LogP contribution in [0.1, 0.15) is 17.7 Å². The molecule has 3 nitrogen and oxygen atoms in total. The van der Waals surface area contributed by atoms with E-state index in [9.17, 15) is 0 Å². The van der Waals surface area contributed by atoms with Gasteiger partial charge in [-0.3, -0.25) is 4.68 Å². The molecule has 0 unspecified atom stereocenters. The molecule has 0 spiro atoms. The van der Waals surface area contributed by atoms with Crippen molar-refractivity contribution < 1.29 is 0 Å². The van der Waals surface area contributed by atoms with Crippen LogP contribution < -0.4 is 0 Å². The molecule has 1 heterocycles. The Morgan fingerprint density at radius 3 is 3.33 bits per heavy atom. The Bertz CT molecular complexity index is 332. The van der Waals surface area contributed by atoms with Crippen LogP contribution in [-0.4, -0.2) is 9.78 Å². The Morgan fingerprint density at radius 2 is 2.58 bits per heavy atom. The summed E-state index contributed by atoms with van der Waals surface area (Å²) in [5.41, 5.74) is 2.57. The fourth-order valence-corrected chi connectivity index (χ4v) is 1.76. The van der Waals surface area contributed by atoms with Gasteiger partial charge in [0, 0.05) is 19.2 Å². The molecule has 0 aliphatic heterocycles. The van der Waals surface area contributed by atoms with E-state index in [-0.39, 0.29) is 5.92 Å². The SMILES string of the molecule is Cn1ncc2c1C[C@H](C#N)CC2. The minimum Gasteiger partial charge on any atom is -0.272 e. The van der Waals surface area contributed by atoms with Gasteiger partial charge in [0.25, 0.3) is 0 Å². The third-order valence-electron chi connectivity index (χ3n) is 2.53. The van der Waals surface area contributed by atoms with Gasteiger partial charge in [-0.05, 0) is 18.4 Å². The maximum atomic E-state index is 8.77. The second kappa shape index (κ2) is 2.63. The molecule has 12 heavy (non-hydrogen) atoms. The first-order valence-electron chi connectivity index (χ1n) is 4.20. The van der Waals surface area contributed by atoms with Crippen LogP contribution in [0.3, 0.4) is 0 Å². The van der Waals surface area contributed by atoms with Crippen molar-refractivity contribution in [2.24, 2.45) is 13.0 Å². The van der Waals surface area contributed by atoms with E-state index in [1.807, 2.05) is 17.9 Å². The Balaban J connectivity index is 2.33. The number of nitriles is 1. The lowest BCUT2D eigenvalue weighted by Gasteiger charge is -2.16. The van der Waals surface area contributed by atoms with Crippen LogP contribution in [0.5, 0.6) is 0 Å². The van der Waals surface area contributed by atoms with Gasteiger partial charge in [0.1, 0.15) is 0 Å². The highest BCUT2D eigenvalue weighted by molar-refractivity contribution is 5.22. The average molecular weight is 161 g/mol. The highest BCUT2D eigenvalue weighted by atomic mass is 15.3. The highest BCUT2D eigenvalue weighted by Gasteiger charge is 2.20. The first-order chi connectivity index (χ1) is 5.81. The fraction of sp³-hybridized carbons (Fsp3) is 0.556. The molecule has 0 fully saturated rings. The van der Waals surface area contributed by atoms with Gasteiger partial charge < -0.3 is 0 Å². The van der Waals surface area contributed by atoms with Crippen LogP contribution in [0.15, 0.2) is 6.20 Å². The maximum absolute atomic E-state index is 8.77. The van der Waals surface area contributed by atoms with Crippen molar-refractivity contribution in [1.82, 2.24) is 9.78 Å². The zero-order valence-corrected chi connectivity index (χ0v) is 7.12. The van der Waals surface area contributed by atoms with Crippen molar-refractivity contribution >= 4 is 0 Å². The summed E-state index contributed by atoms with van der Waals surface area (Å²) in [6.45, 7) is 0. The molecule has 0 N–H and O–H groups in total. The largest absolute Gasteiger partial charge is 0.272 e. The molecule has 0 radical (unpaired) electrons. The molecule has 0 amide bonds. The van der Waals surface area contributed by atoms with Gasteiger partial charge in [0.2, 0.25) is 0 Å². The lowest BCUT2D eigenvalue weighted by Crippen LogP contribution is -2.14. The number of hydrogen-bond acceptors (Lipinski definition) is 2. The topological polar surface area (TPSA) is 41.6 Å². The van der Waals surface area contributed by atoms with E-state index in [1.165, 1.54) is 11.3 Å². The van der Waals surface area contributed by atoms with Crippen molar-refractivity contribution in [2.45, 2.75) is 19.3 Å². The van der Waals surface area contributed by atoms with E-state index >= 15 is 0 Å². The van der Waals surface area contributed by atoms with Crippen LogP contribution in [0, 0.1) is 17.2 Å². The molecule has 1 aromatic rings. The lowest BCUT2D eigenvalue weighted by molar-refractivity contribution is 0.535. The third kappa shape index (κ3) is 1.00. The Labute approximate surface area is 71.6 Å². The number of nitrogens with zero attached hydrogens (tertiary/aromatic N) is 3. The molecule has 0 aromatic carbocycles. The molecule has 3 heteroatoms. The number of aromatic nitrogens is 2. The van der Waals surface area contributed by atoms with Gasteiger partial charge in [0.05, 0.1) is 18.2 Å². The highest BCUT2D eigenvalue weighted by Crippen LogP contribution is 2.23. The van der Waals surface area contributed by atoms with Crippen LogP contribution in [0.2, 0.25) is 0 Å². The Kier molecular flexibility index (Phi) is 1.61. The summed E-state index contributed by atoms with van der Waals surface area (Å²) in [5.74, 6) is 0.202. The van der Waals surface area contributed by atoms with Gasteiger partial charge in [-0.1, -0.05) is 0 Å². The molecule has 1 atom stereocenters. The number of rotatable bonds is 0. The lowest BCUT2D eigenvalue weighted by atomic mass is 9.89. The summed E-state index contributed by atoms with van der Waals surface area (Å²) in [6.07, 6.45) is 4.81. The van der Waals surface area contributed by atoms with Crippen molar-refractivity contribution in [3.8, 4) is 6.07 Å². The zero-order chi connectivity index (χ0) is 8.55. The van der Waals surface area contributed by atoms with E-state index in [2.05, 4.69) is 11.2 Å². The maximum Gasteiger partial charge on any atom is 0.0659 e. The van der Waals surface area contributed by atoms with Crippen molar-refractivity contribution in [1.29, 1.82) is 5.26 Å². The average Bonchev–Trinajstić information content (AvgIpc) is 2.47. The van der Waals surface area contributed by atoms with Crippen LogP contribution in [0.25, 0.3) is 0 Å². The number of fused-ring (bicyclic) bond motifs is 1. The van der Waals surface area contributed by atoms with Gasteiger partial charge in [0.15, 0.2) is 0 Å². The summed E-state index contributed by atoms with van der Waals surface area (Å²) in [4.78, 5) is 0.